The Labute approximate surface area is 128 Å². The van der Waals surface area contributed by atoms with Crippen LogP contribution in [0.5, 0.6) is 5.75 Å². The van der Waals surface area contributed by atoms with Gasteiger partial charge in [-0.2, -0.15) is 0 Å². The fourth-order valence-electron chi connectivity index (χ4n) is 1.20. The van der Waals surface area contributed by atoms with Crippen LogP contribution in [-0.2, 0) is 4.79 Å². The Morgan fingerprint density at radius 1 is 1.50 bits per heavy atom. The molecule has 0 aliphatic rings. The van der Waals surface area contributed by atoms with Crippen molar-refractivity contribution in [1.29, 1.82) is 0 Å². The summed E-state index contributed by atoms with van der Waals surface area (Å²) in [6.45, 7) is 3.61. The van der Waals surface area contributed by atoms with Crippen molar-refractivity contribution in [3.8, 4) is 5.75 Å². The fraction of sp³-hybridized carbons (Fsp3) is 0.250. The van der Waals surface area contributed by atoms with Gasteiger partial charge < -0.3 is 10.1 Å². The number of hydrogen-bond acceptors (Lipinski definition) is 3. The smallest absolute Gasteiger partial charge is 0.234 e. The molecule has 1 rings (SSSR count). The van der Waals surface area contributed by atoms with Crippen molar-refractivity contribution in [3.63, 3.8) is 0 Å². The van der Waals surface area contributed by atoms with Crippen LogP contribution in [0.2, 0.25) is 0 Å². The highest BCUT2D eigenvalue weighted by molar-refractivity contribution is 9.11. The van der Waals surface area contributed by atoms with Gasteiger partial charge in [-0.3, -0.25) is 4.79 Å². The van der Waals surface area contributed by atoms with E-state index in [1.165, 1.54) is 11.8 Å². The van der Waals surface area contributed by atoms with Crippen molar-refractivity contribution in [2.75, 3.05) is 23.9 Å². The van der Waals surface area contributed by atoms with Crippen molar-refractivity contribution in [1.82, 2.24) is 0 Å². The van der Waals surface area contributed by atoms with Gasteiger partial charge in [0.25, 0.3) is 0 Å². The number of carbonyl (C=O) groups is 1. The Kier molecular flexibility index (Phi) is 6.81. The van der Waals surface area contributed by atoms with Gasteiger partial charge >= 0.3 is 0 Å². The van der Waals surface area contributed by atoms with E-state index in [4.69, 9.17) is 4.74 Å². The first kappa shape index (κ1) is 15.6. The summed E-state index contributed by atoms with van der Waals surface area (Å²) in [6.07, 6.45) is 1.77. The highest BCUT2D eigenvalue weighted by Crippen LogP contribution is 2.35. The summed E-state index contributed by atoms with van der Waals surface area (Å²) in [6, 6.07) is 3.61. The highest BCUT2D eigenvalue weighted by Gasteiger charge is 2.11. The second-order valence-corrected chi connectivity index (χ2v) is 6.06. The van der Waals surface area contributed by atoms with Crippen molar-refractivity contribution in [3.05, 3.63) is 33.7 Å². The Morgan fingerprint density at radius 2 is 2.11 bits per heavy atom. The van der Waals surface area contributed by atoms with Crippen LogP contribution in [-0.4, -0.2) is 24.5 Å². The van der Waals surface area contributed by atoms with Gasteiger partial charge in [0, 0.05) is 14.7 Å². The number of halogens is 2. The van der Waals surface area contributed by atoms with E-state index < -0.39 is 0 Å². The van der Waals surface area contributed by atoms with Crippen LogP contribution in [0.4, 0.5) is 5.69 Å². The molecule has 1 N–H and O–H groups in total. The van der Waals surface area contributed by atoms with Crippen LogP contribution < -0.4 is 10.1 Å². The average Bonchev–Trinajstić information content (AvgIpc) is 2.34. The van der Waals surface area contributed by atoms with Gasteiger partial charge in [0.15, 0.2) is 0 Å². The molecule has 1 amide bonds. The lowest BCUT2D eigenvalue weighted by atomic mass is 10.3. The second kappa shape index (κ2) is 7.86. The molecule has 18 heavy (non-hydrogen) atoms. The Bertz CT molecular complexity index is 429. The first-order chi connectivity index (χ1) is 8.58. The van der Waals surface area contributed by atoms with Gasteiger partial charge in [-0.15, -0.1) is 18.3 Å². The lowest BCUT2D eigenvalue weighted by Crippen LogP contribution is -2.15. The molecule has 0 bridgehead atoms. The van der Waals surface area contributed by atoms with Crippen LogP contribution in [0, 0.1) is 0 Å². The van der Waals surface area contributed by atoms with Gasteiger partial charge in [0.05, 0.1) is 18.6 Å². The predicted molar refractivity (Wildman–Crippen MR) is 84.5 cm³/mol. The van der Waals surface area contributed by atoms with Crippen LogP contribution >= 0.6 is 43.6 Å². The molecule has 1 aromatic rings. The SMILES string of the molecule is C=CCSCC(=O)Nc1c(Br)cc(OC)cc1Br. The third-order valence-electron chi connectivity index (χ3n) is 1.98. The number of anilines is 1. The maximum absolute atomic E-state index is 11.7. The first-order valence-corrected chi connectivity index (χ1v) is 7.84. The molecule has 6 heteroatoms. The van der Waals surface area contributed by atoms with Crippen molar-refractivity contribution < 1.29 is 9.53 Å². The molecule has 0 aliphatic heterocycles. The third-order valence-corrected chi connectivity index (χ3v) is 4.17. The standard InChI is InChI=1S/C12H13Br2NO2S/c1-3-4-18-7-11(16)15-12-9(13)5-8(17-2)6-10(12)14/h3,5-6H,1,4,7H2,2H3,(H,15,16). The molecule has 3 nitrogen and oxygen atoms in total. The Hall–Kier alpha value is -0.460. The number of hydrogen-bond donors (Lipinski definition) is 1. The lowest BCUT2D eigenvalue weighted by Gasteiger charge is -2.11. The molecular weight excluding hydrogens is 382 g/mol. The van der Waals surface area contributed by atoms with E-state index in [-0.39, 0.29) is 5.91 Å². The number of benzene rings is 1. The summed E-state index contributed by atoms with van der Waals surface area (Å²) >= 11 is 8.32. The zero-order chi connectivity index (χ0) is 13.5. The molecule has 0 radical (unpaired) electrons. The number of carbonyl (C=O) groups excluding carboxylic acids is 1. The molecule has 0 heterocycles. The molecular formula is C12H13Br2NO2S. The molecule has 1 aromatic carbocycles. The van der Waals surface area contributed by atoms with E-state index in [0.717, 1.165) is 14.7 Å². The maximum atomic E-state index is 11.7. The van der Waals surface area contributed by atoms with Gasteiger partial charge in [-0.1, -0.05) is 6.08 Å². The maximum Gasteiger partial charge on any atom is 0.234 e. The minimum atomic E-state index is -0.0478. The lowest BCUT2D eigenvalue weighted by molar-refractivity contribution is -0.113. The van der Waals surface area contributed by atoms with Gasteiger partial charge in [0.2, 0.25) is 5.91 Å². The summed E-state index contributed by atoms with van der Waals surface area (Å²) in [5, 5.41) is 2.85. The summed E-state index contributed by atoms with van der Waals surface area (Å²) in [5.74, 6) is 1.83. The number of rotatable bonds is 6. The number of thioether (sulfide) groups is 1. The van der Waals surface area contributed by atoms with Crippen molar-refractivity contribution in [2.45, 2.75) is 0 Å². The molecule has 0 saturated carbocycles. The summed E-state index contributed by atoms with van der Waals surface area (Å²) < 4.78 is 6.68. The molecule has 0 aromatic heterocycles. The molecule has 0 spiro atoms. The first-order valence-electron chi connectivity index (χ1n) is 5.10. The van der Waals surface area contributed by atoms with E-state index >= 15 is 0 Å². The van der Waals surface area contributed by atoms with E-state index in [0.29, 0.717) is 17.2 Å². The molecule has 0 saturated heterocycles. The molecule has 0 unspecified atom stereocenters. The Morgan fingerprint density at radius 3 is 2.61 bits per heavy atom. The highest BCUT2D eigenvalue weighted by atomic mass is 79.9. The average molecular weight is 395 g/mol. The number of amides is 1. The summed E-state index contributed by atoms with van der Waals surface area (Å²) in [4.78, 5) is 11.7. The number of methoxy groups -OCH3 is 1. The molecule has 0 aliphatic carbocycles. The van der Waals surface area contributed by atoms with Crippen molar-refractivity contribution >= 4 is 55.2 Å². The molecule has 0 atom stereocenters. The van der Waals surface area contributed by atoms with E-state index in [1.807, 2.05) is 0 Å². The zero-order valence-corrected chi connectivity index (χ0v) is 13.8. The predicted octanol–water partition coefficient (Wildman–Crippen LogP) is 4.08. The number of ether oxygens (including phenoxy) is 1. The quantitative estimate of drug-likeness (QED) is 0.583. The fourth-order valence-corrected chi connectivity index (χ4v) is 3.08. The Balaban J connectivity index is 2.72. The van der Waals surface area contributed by atoms with E-state index in [9.17, 15) is 4.79 Å². The molecule has 98 valence electrons. The van der Waals surface area contributed by atoms with Gasteiger partial charge in [-0.05, 0) is 44.0 Å². The third kappa shape index (κ3) is 4.66. The van der Waals surface area contributed by atoms with Gasteiger partial charge in [-0.25, -0.2) is 0 Å². The summed E-state index contributed by atoms with van der Waals surface area (Å²) in [5.41, 5.74) is 0.708. The second-order valence-electron chi connectivity index (χ2n) is 3.32. The van der Waals surface area contributed by atoms with Crippen LogP contribution in [0.3, 0.4) is 0 Å². The zero-order valence-electron chi connectivity index (χ0n) is 9.83. The van der Waals surface area contributed by atoms with Crippen LogP contribution in [0.15, 0.2) is 33.7 Å². The van der Waals surface area contributed by atoms with Gasteiger partial charge in [0.1, 0.15) is 5.75 Å². The molecule has 0 fully saturated rings. The van der Waals surface area contributed by atoms with Crippen LogP contribution in [0.1, 0.15) is 0 Å². The normalized spacial score (nSPS) is 9.94. The van der Waals surface area contributed by atoms with E-state index in [2.05, 4.69) is 43.8 Å². The number of nitrogens with one attached hydrogen (secondary N) is 1. The van der Waals surface area contributed by atoms with Crippen LogP contribution in [0.25, 0.3) is 0 Å². The minimum absolute atomic E-state index is 0.0478. The topological polar surface area (TPSA) is 38.3 Å². The monoisotopic (exact) mass is 393 g/mol. The van der Waals surface area contributed by atoms with E-state index in [1.54, 1.807) is 25.3 Å². The van der Waals surface area contributed by atoms with Crippen molar-refractivity contribution in [2.24, 2.45) is 0 Å². The summed E-state index contributed by atoms with van der Waals surface area (Å²) in [7, 11) is 1.60. The minimum Gasteiger partial charge on any atom is -0.497 e. The largest absolute Gasteiger partial charge is 0.497 e.